The van der Waals surface area contributed by atoms with Gasteiger partial charge in [-0.25, -0.2) is 0 Å². The van der Waals surface area contributed by atoms with Crippen LogP contribution in [0.15, 0.2) is 45.8 Å². The summed E-state index contributed by atoms with van der Waals surface area (Å²) in [7, 11) is 1.63. The van der Waals surface area contributed by atoms with Crippen molar-refractivity contribution in [1.82, 2.24) is 14.9 Å². The number of nitrogens with one attached hydrogen (secondary N) is 1. The summed E-state index contributed by atoms with van der Waals surface area (Å²) in [5.41, 5.74) is 0.355. The van der Waals surface area contributed by atoms with Crippen LogP contribution in [0.2, 0.25) is 10.0 Å². The third-order valence-corrected chi connectivity index (χ3v) is 4.27. The molecule has 3 rings (SSSR count). The first-order valence-corrected chi connectivity index (χ1v) is 8.59. The lowest BCUT2D eigenvalue weighted by Crippen LogP contribution is -2.32. The highest BCUT2D eigenvalue weighted by Gasteiger charge is 2.16. The Bertz CT molecular complexity index is 1030. The summed E-state index contributed by atoms with van der Waals surface area (Å²) in [4.78, 5) is 26.2. The summed E-state index contributed by atoms with van der Waals surface area (Å²) in [6.45, 7) is 1.66. The number of aryl methyl sites for hydroxylation is 1. The molecule has 1 N–H and O–H groups in total. The van der Waals surface area contributed by atoms with Gasteiger partial charge in [0.25, 0.3) is 5.56 Å². The number of carbonyl (C=O) groups excluding carboxylic acids is 1. The largest absolute Gasteiger partial charge is 0.363 e. The lowest BCUT2D eigenvalue weighted by Gasteiger charge is -2.19. The maximum absolute atomic E-state index is 12.5. The molecule has 3 aromatic rings. The summed E-state index contributed by atoms with van der Waals surface area (Å²) < 4.78 is 6.05. The molecule has 0 atom stereocenters. The molecule has 0 aliphatic heterocycles. The molecule has 0 spiro atoms. The van der Waals surface area contributed by atoms with Gasteiger partial charge < -0.3 is 14.7 Å². The number of benzene rings is 1. The zero-order chi connectivity index (χ0) is 19.6. The van der Waals surface area contributed by atoms with Gasteiger partial charge in [-0.05, 0) is 31.2 Å². The van der Waals surface area contributed by atoms with E-state index in [2.05, 4.69) is 15.6 Å². The number of halogens is 2. The number of hydrogen-bond donors (Lipinski definition) is 1. The van der Waals surface area contributed by atoms with Crippen LogP contribution in [0.3, 0.4) is 0 Å². The minimum absolute atomic E-state index is 0.0486. The zero-order valence-corrected chi connectivity index (χ0v) is 16.0. The predicted molar refractivity (Wildman–Crippen MR) is 103 cm³/mol. The summed E-state index contributed by atoms with van der Waals surface area (Å²) in [6, 6.07) is 8.21. The predicted octanol–water partition coefficient (Wildman–Crippen LogP) is 2.91. The van der Waals surface area contributed by atoms with Gasteiger partial charge in [0, 0.05) is 18.1 Å². The number of likely N-dealkylation sites (N-methyl/N-ethyl adjacent to an activating group) is 1. The number of carbonyl (C=O) groups is 1. The normalized spacial score (nSPS) is 10.7. The van der Waals surface area contributed by atoms with Crippen molar-refractivity contribution >= 4 is 40.6 Å². The summed E-state index contributed by atoms with van der Waals surface area (Å²) in [6.07, 6.45) is 1.42. The molecule has 2 aromatic heterocycles. The van der Waals surface area contributed by atoms with Crippen molar-refractivity contribution in [2.45, 2.75) is 6.92 Å². The van der Waals surface area contributed by atoms with E-state index < -0.39 is 5.56 Å². The molecule has 0 fully saturated rings. The third-order valence-electron chi connectivity index (χ3n) is 3.66. The molecule has 0 aliphatic rings. The Hall–Kier alpha value is -2.84. The van der Waals surface area contributed by atoms with Crippen LogP contribution >= 0.6 is 23.2 Å². The molecular formula is C17H15Cl2N5O3. The van der Waals surface area contributed by atoms with E-state index in [4.69, 9.17) is 27.7 Å². The Morgan fingerprint density at radius 2 is 2.00 bits per heavy atom. The van der Waals surface area contributed by atoms with E-state index in [1.807, 2.05) is 0 Å². The van der Waals surface area contributed by atoms with Gasteiger partial charge in [0.15, 0.2) is 5.82 Å². The van der Waals surface area contributed by atoms with E-state index in [-0.39, 0.29) is 17.5 Å². The van der Waals surface area contributed by atoms with Gasteiger partial charge in [0.2, 0.25) is 5.91 Å². The average molecular weight is 408 g/mol. The summed E-state index contributed by atoms with van der Waals surface area (Å²) in [5.74, 6) is 0.550. The van der Waals surface area contributed by atoms with Crippen LogP contribution < -0.4 is 15.8 Å². The third kappa shape index (κ3) is 4.29. The second-order valence-corrected chi connectivity index (χ2v) is 6.58. The van der Waals surface area contributed by atoms with Crippen LogP contribution in [-0.4, -0.2) is 34.4 Å². The first-order chi connectivity index (χ1) is 12.8. The molecule has 0 bridgehead atoms. The first-order valence-electron chi connectivity index (χ1n) is 7.83. The Balaban J connectivity index is 1.78. The van der Waals surface area contributed by atoms with Crippen molar-refractivity contribution < 1.29 is 9.32 Å². The number of anilines is 2. The van der Waals surface area contributed by atoms with Crippen LogP contribution in [0.25, 0.3) is 5.69 Å². The van der Waals surface area contributed by atoms with Crippen LogP contribution in [0.1, 0.15) is 5.76 Å². The number of amides is 1. The number of aromatic nitrogens is 3. The van der Waals surface area contributed by atoms with E-state index >= 15 is 0 Å². The molecular weight excluding hydrogens is 393 g/mol. The van der Waals surface area contributed by atoms with Crippen LogP contribution in [-0.2, 0) is 4.79 Å². The Morgan fingerprint density at radius 1 is 1.30 bits per heavy atom. The van der Waals surface area contributed by atoms with Gasteiger partial charge in [-0.15, -0.1) is 0 Å². The van der Waals surface area contributed by atoms with Gasteiger partial charge in [-0.3, -0.25) is 9.59 Å². The Labute approximate surface area is 164 Å². The lowest BCUT2D eigenvalue weighted by molar-refractivity contribution is -0.115. The van der Waals surface area contributed by atoms with Gasteiger partial charge in [0.05, 0.1) is 24.1 Å². The van der Waals surface area contributed by atoms with E-state index in [1.165, 1.54) is 11.1 Å². The van der Waals surface area contributed by atoms with Crippen molar-refractivity contribution in [3.63, 3.8) is 0 Å². The Kier molecular flexibility index (Phi) is 5.48. The molecule has 0 aliphatic carbocycles. The van der Waals surface area contributed by atoms with Gasteiger partial charge in [-0.2, -0.15) is 9.78 Å². The molecule has 8 nitrogen and oxygen atoms in total. The summed E-state index contributed by atoms with van der Waals surface area (Å²) in [5, 5.41) is 10.9. The Morgan fingerprint density at radius 3 is 2.63 bits per heavy atom. The molecule has 0 unspecified atom stereocenters. The van der Waals surface area contributed by atoms with Crippen LogP contribution in [0.4, 0.5) is 11.5 Å². The van der Waals surface area contributed by atoms with Crippen molar-refractivity contribution in [2.24, 2.45) is 0 Å². The maximum atomic E-state index is 12.5. The highest BCUT2D eigenvalue weighted by molar-refractivity contribution is 6.33. The molecule has 0 radical (unpaired) electrons. The molecule has 27 heavy (non-hydrogen) atoms. The second-order valence-electron chi connectivity index (χ2n) is 5.76. The van der Waals surface area contributed by atoms with Crippen LogP contribution in [0.5, 0.6) is 0 Å². The fourth-order valence-electron chi connectivity index (χ4n) is 2.36. The van der Waals surface area contributed by atoms with Crippen molar-refractivity contribution in [1.29, 1.82) is 0 Å². The average Bonchev–Trinajstić information content (AvgIpc) is 3.02. The fraction of sp³-hybridized carbons (Fsp3) is 0.176. The minimum Gasteiger partial charge on any atom is -0.363 e. The summed E-state index contributed by atoms with van der Waals surface area (Å²) >= 11 is 12.1. The first kappa shape index (κ1) is 18.9. The maximum Gasteiger partial charge on any atom is 0.292 e. The van der Waals surface area contributed by atoms with Crippen molar-refractivity contribution in [3.8, 4) is 5.69 Å². The van der Waals surface area contributed by atoms with E-state index in [0.29, 0.717) is 28.0 Å². The SMILES string of the molecule is Cc1cc(NC(=O)CN(C)c2cnn(-c3ccc(Cl)cc3)c(=O)c2Cl)no1. The molecule has 2 heterocycles. The van der Waals surface area contributed by atoms with E-state index in [1.54, 1.807) is 44.3 Å². The van der Waals surface area contributed by atoms with E-state index in [0.717, 1.165) is 4.68 Å². The molecule has 140 valence electrons. The number of hydrogen-bond acceptors (Lipinski definition) is 6. The molecule has 1 amide bonds. The standard InChI is InChI=1S/C17H15Cl2N5O3/c1-10-7-14(22-27-10)21-15(25)9-23(2)13-8-20-24(17(26)16(13)19)12-5-3-11(18)4-6-12/h3-8H,9H2,1-2H3,(H,21,22,25). The van der Waals surface area contributed by atoms with Gasteiger partial charge >= 0.3 is 0 Å². The molecule has 0 saturated heterocycles. The lowest BCUT2D eigenvalue weighted by atomic mass is 10.3. The molecule has 0 saturated carbocycles. The zero-order valence-electron chi connectivity index (χ0n) is 14.4. The van der Waals surface area contributed by atoms with Gasteiger partial charge in [-0.1, -0.05) is 28.4 Å². The topological polar surface area (TPSA) is 93.3 Å². The fourth-order valence-corrected chi connectivity index (χ4v) is 2.76. The quantitative estimate of drug-likeness (QED) is 0.698. The highest BCUT2D eigenvalue weighted by atomic mass is 35.5. The second kappa shape index (κ2) is 7.81. The van der Waals surface area contributed by atoms with E-state index in [9.17, 15) is 9.59 Å². The minimum atomic E-state index is -0.504. The van der Waals surface area contributed by atoms with Crippen molar-refractivity contribution in [3.05, 3.63) is 62.7 Å². The molecule has 10 heteroatoms. The molecule has 1 aromatic carbocycles. The van der Waals surface area contributed by atoms with Crippen molar-refractivity contribution in [2.75, 3.05) is 23.8 Å². The van der Waals surface area contributed by atoms with Gasteiger partial charge in [0.1, 0.15) is 10.8 Å². The number of rotatable bonds is 5. The van der Waals surface area contributed by atoms with Crippen LogP contribution in [0, 0.1) is 6.92 Å². The smallest absolute Gasteiger partial charge is 0.292 e. The highest BCUT2D eigenvalue weighted by Crippen LogP contribution is 2.21. The monoisotopic (exact) mass is 407 g/mol. The number of nitrogens with zero attached hydrogens (tertiary/aromatic N) is 4.